The van der Waals surface area contributed by atoms with E-state index < -0.39 is 0 Å². The Labute approximate surface area is 181 Å². The Hall–Kier alpha value is -2.61. The number of rotatable bonds is 4. The first-order valence-corrected chi connectivity index (χ1v) is 11.2. The van der Waals surface area contributed by atoms with E-state index in [0.29, 0.717) is 16.7 Å². The van der Waals surface area contributed by atoms with Gasteiger partial charge in [-0.15, -0.1) is 21.5 Å². The van der Waals surface area contributed by atoms with Crippen molar-refractivity contribution in [3.05, 3.63) is 81.5 Å². The maximum Gasteiger partial charge on any atom is 0.247 e. The van der Waals surface area contributed by atoms with Crippen molar-refractivity contribution >= 4 is 40.4 Å². The van der Waals surface area contributed by atoms with Crippen LogP contribution in [0.5, 0.6) is 5.88 Å². The van der Waals surface area contributed by atoms with Gasteiger partial charge in [0.25, 0.3) is 0 Å². The van der Waals surface area contributed by atoms with Crippen molar-refractivity contribution in [2.75, 3.05) is 5.32 Å². The highest BCUT2D eigenvalue weighted by atomic mass is 35.5. The molecule has 0 bridgehead atoms. The van der Waals surface area contributed by atoms with Crippen LogP contribution in [0.4, 0.5) is 5.69 Å². The largest absolute Gasteiger partial charge is 0.447 e. The summed E-state index contributed by atoms with van der Waals surface area (Å²) in [7, 11) is 0. The molecule has 4 aromatic rings. The van der Waals surface area contributed by atoms with Crippen molar-refractivity contribution in [1.29, 1.82) is 0 Å². The Morgan fingerprint density at radius 1 is 1.03 bits per heavy atom. The van der Waals surface area contributed by atoms with Crippen molar-refractivity contribution < 1.29 is 4.74 Å². The molecule has 8 heteroatoms. The van der Waals surface area contributed by atoms with Gasteiger partial charge >= 0.3 is 0 Å². The number of benzene rings is 2. The van der Waals surface area contributed by atoms with Gasteiger partial charge in [-0.25, -0.2) is 0 Å². The van der Waals surface area contributed by atoms with Crippen LogP contribution in [0.3, 0.4) is 0 Å². The molecule has 0 saturated carbocycles. The molecule has 0 spiro atoms. The average molecular weight is 439 g/mol. The molecule has 1 aliphatic rings. The smallest absolute Gasteiger partial charge is 0.247 e. The summed E-state index contributed by atoms with van der Waals surface area (Å²) in [6, 6.07) is 19.8. The Bertz CT molecular complexity index is 1140. The van der Waals surface area contributed by atoms with Crippen LogP contribution in [0.2, 0.25) is 5.02 Å². The first kappa shape index (κ1) is 18.4. The summed E-state index contributed by atoms with van der Waals surface area (Å²) in [4.78, 5) is 5.74. The first-order chi connectivity index (χ1) is 14.3. The number of para-hydroxylation sites is 1. The molecule has 0 radical (unpaired) electrons. The standard InChI is InChI=1S/C21H15ClN4OS2/c22-14-9-7-13(8-10-14)12-29-21-24-20-18(25-26-21)15-4-1-2-5-16(15)23-19(27-20)17-6-3-11-28-17/h1-11,19,23H,12H2/t19-/m1/s1. The van der Waals surface area contributed by atoms with Gasteiger partial charge in [-0.3, -0.25) is 0 Å². The van der Waals surface area contributed by atoms with Gasteiger partial charge in [-0.1, -0.05) is 59.8 Å². The molecule has 2 aromatic carbocycles. The van der Waals surface area contributed by atoms with E-state index in [1.807, 2.05) is 66.0 Å². The van der Waals surface area contributed by atoms with Crippen molar-refractivity contribution in [2.24, 2.45) is 0 Å². The van der Waals surface area contributed by atoms with Gasteiger partial charge in [0.1, 0.15) is 0 Å². The third kappa shape index (κ3) is 3.94. The number of fused-ring (bicyclic) bond motifs is 3. The quantitative estimate of drug-likeness (QED) is 0.391. The molecule has 1 aliphatic heterocycles. The summed E-state index contributed by atoms with van der Waals surface area (Å²) in [5.41, 5.74) is 3.66. The van der Waals surface area contributed by atoms with Crippen LogP contribution >= 0.6 is 34.7 Å². The molecule has 0 unspecified atom stereocenters. The summed E-state index contributed by atoms with van der Waals surface area (Å²) in [6.45, 7) is 0. The lowest BCUT2D eigenvalue weighted by Gasteiger charge is -2.17. The predicted molar refractivity (Wildman–Crippen MR) is 118 cm³/mol. The average Bonchev–Trinajstić information content (AvgIpc) is 3.23. The molecule has 0 aliphatic carbocycles. The minimum Gasteiger partial charge on any atom is -0.447 e. The van der Waals surface area contributed by atoms with Crippen LogP contribution in [0.15, 0.2) is 71.2 Å². The van der Waals surface area contributed by atoms with Crippen molar-refractivity contribution in [2.45, 2.75) is 17.1 Å². The normalized spacial score (nSPS) is 14.9. The molecule has 29 heavy (non-hydrogen) atoms. The van der Waals surface area contributed by atoms with E-state index in [9.17, 15) is 0 Å². The monoisotopic (exact) mass is 438 g/mol. The number of thioether (sulfide) groups is 1. The van der Waals surface area contributed by atoms with Gasteiger partial charge in [0, 0.05) is 22.0 Å². The lowest BCUT2D eigenvalue weighted by atomic mass is 10.1. The molecule has 5 nitrogen and oxygen atoms in total. The fourth-order valence-corrected chi connectivity index (χ4v) is 4.57. The second-order valence-corrected chi connectivity index (χ2v) is 8.72. The molecule has 144 valence electrons. The minimum atomic E-state index is -0.330. The molecule has 2 aromatic heterocycles. The van der Waals surface area contributed by atoms with E-state index in [0.717, 1.165) is 32.5 Å². The third-order valence-electron chi connectivity index (χ3n) is 4.42. The van der Waals surface area contributed by atoms with Gasteiger partial charge in [-0.2, -0.15) is 4.98 Å². The van der Waals surface area contributed by atoms with Gasteiger partial charge in [0.05, 0.1) is 4.88 Å². The van der Waals surface area contributed by atoms with E-state index in [1.54, 1.807) is 11.3 Å². The van der Waals surface area contributed by atoms with Crippen molar-refractivity contribution in [3.8, 4) is 17.1 Å². The molecule has 3 heterocycles. The first-order valence-electron chi connectivity index (χ1n) is 8.94. The summed E-state index contributed by atoms with van der Waals surface area (Å²) in [5.74, 6) is 1.20. The van der Waals surface area contributed by atoms with Gasteiger partial charge in [0.2, 0.25) is 17.3 Å². The van der Waals surface area contributed by atoms with Crippen LogP contribution in [-0.2, 0) is 5.75 Å². The van der Waals surface area contributed by atoms with Crippen LogP contribution in [-0.4, -0.2) is 15.2 Å². The van der Waals surface area contributed by atoms with Crippen LogP contribution in [0.1, 0.15) is 16.7 Å². The van der Waals surface area contributed by atoms with Crippen LogP contribution in [0, 0.1) is 0 Å². The highest BCUT2D eigenvalue weighted by Crippen LogP contribution is 2.40. The number of thiophene rings is 1. The Kier molecular flexibility index (Phi) is 5.10. The van der Waals surface area contributed by atoms with Crippen molar-refractivity contribution in [1.82, 2.24) is 15.2 Å². The van der Waals surface area contributed by atoms with E-state index in [4.69, 9.17) is 16.3 Å². The third-order valence-corrected chi connectivity index (χ3v) is 6.49. The number of halogens is 1. The molecule has 1 atom stereocenters. The summed E-state index contributed by atoms with van der Waals surface area (Å²) in [5, 5.41) is 15.5. The van der Waals surface area contributed by atoms with Crippen LogP contribution in [0.25, 0.3) is 11.3 Å². The van der Waals surface area contributed by atoms with E-state index in [1.165, 1.54) is 11.8 Å². The number of ether oxygens (including phenoxy) is 1. The number of nitrogens with zero attached hydrogens (tertiary/aromatic N) is 3. The minimum absolute atomic E-state index is 0.330. The second-order valence-electron chi connectivity index (χ2n) is 6.37. The molecule has 0 fully saturated rings. The van der Waals surface area contributed by atoms with E-state index >= 15 is 0 Å². The second kappa shape index (κ2) is 8.02. The molecular formula is C21H15ClN4OS2. The Balaban J connectivity index is 1.47. The number of hydrogen-bond acceptors (Lipinski definition) is 7. The fraction of sp³-hybridized carbons (Fsp3) is 0.0952. The number of anilines is 1. The van der Waals surface area contributed by atoms with Gasteiger partial charge < -0.3 is 10.1 Å². The lowest BCUT2D eigenvalue weighted by molar-refractivity contribution is 0.229. The number of hydrogen-bond donors (Lipinski definition) is 1. The molecule has 0 saturated heterocycles. The summed E-state index contributed by atoms with van der Waals surface area (Å²) >= 11 is 9.10. The zero-order chi connectivity index (χ0) is 19.6. The molecule has 1 N–H and O–H groups in total. The topological polar surface area (TPSA) is 59.9 Å². The maximum absolute atomic E-state index is 6.25. The zero-order valence-electron chi connectivity index (χ0n) is 15.1. The predicted octanol–water partition coefficient (Wildman–Crippen LogP) is 6.05. The number of nitrogens with one attached hydrogen (secondary N) is 1. The summed E-state index contributed by atoms with van der Waals surface area (Å²) < 4.78 is 6.25. The van der Waals surface area contributed by atoms with Gasteiger partial charge in [0.15, 0.2) is 5.69 Å². The molecular weight excluding hydrogens is 424 g/mol. The SMILES string of the molecule is Clc1ccc(CSc2nnc3c(n2)O[C@H](c2cccs2)Nc2ccccc2-3)cc1. The Morgan fingerprint density at radius 2 is 1.90 bits per heavy atom. The Morgan fingerprint density at radius 3 is 2.72 bits per heavy atom. The van der Waals surface area contributed by atoms with E-state index in [2.05, 4.69) is 20.5 Å². The van der Waals surface area contributed by atoms with E-state index in [-0.39, 0.29) is 6.23 Å². The summed E-state index contributed by atoms with van der Waals surface area (Å²) in [6.07, 6.45) is -0.330. The van der Waals surface area contributed by atoms with Crippen LogP contribution < -0.4 is 10.1 Å². The van der Waals surface area contributed by atoms with Gasteiger partial charge in [-0.05, 0) is 35.2 Å². The maximum atomic E-state index is 6.25. The molecule has 0 amide bonds. The molecule has 5 rings (SSSR count). The zero-order valence-corrected chi connectivity index (χ0v) is 17.5. The number of aromatic nitrogens is 3. The fourth-order valence-electron chi connectivity index (χ4n) is 3.01. The highest BCUT2D eigenvalue weighted by molar-refractivity contribution is 7.98. The highest BCUT2D eigenvalue weighted by Gasteiger charge is 2.26. The lowest BCUT2D eigenvalue weighted by Crippen LogP contribution is -2.15. The van der Waals surface area contributed by atoms with Crippen molar-refractivity contribution in [3.63, 3.8) is 0 Å².